The van der Waals surface area contributed by atoms with Crippen molar-refractivity contribution in [2.75, 3.05) is 12.4 Å². The van der Waals surface area contributed by atoms with Crippen molar-refractivity contribution in [3.8, 4) is 11.5 Å². The molecule has 2 aliphatic rings. The Balaban J connectivity index is 1.60. The average molecular weight is 388 g/mol. The molecule has 0 amide bonds. The fourth-order valence-corrected chi connectivity index (χ4v) is 4.30. The molecule has 146 valence electrons. The van der Waals surface area contributed by atoms with E-state index < -0.39 is 6.04 Å². The van der Waals surface area contributed by atoms with Crippen LogP contribution in [0.4, 0.5) is 5.95 Å². The van der Waals surface area contributed by atoms with Crippen LogP contribution < -0.4 is 10.1 Å². The van der Waals surface area contributed by atoms with Crippen LogP contribution in [0.25, 0.3) is 0 Å². The standard InChI is InChI=1S/C22H20N4O3/c1-29-19-8-7-14(10-17(19)27)21-20-16(25-22-23-12-24-26(21)22)9-15(11-18(20)28)13-5-3-2-4-6-13/h2-8,10,12,15,21,27H,9,11H2,1H3,(H,23,24,25)/t15-,21+/m0/s1. The molecule has 0 saturated carbocycles. The average Bonchev–Trinajstić information content (AvgIpc) is 3.21. The SMILES string of the molecule is COc1ccc([C@@H]2C3=C(C[C@H](c4ccccc4)CC3=O)Nc3ncnn32)cc1O. The zero-order valence-electron chi connectivity index (χ0n) is 15.9. The first-order valence-electron chi connectivity index (χ1n) is 9.50. The van der Waals surface area contributed by atoms with Crippen LogP contribution >= 0.6 is 0 Å². The Kier molecular flexibility index (Phi) is 4.08. The van der Waals surface area contributed by atoms with Gasteiger partial charge in [0.15, 0.2) is 17.3 Å². The highest BCUT2D eigenvalue weighted by Gasteiger charge is 2.39. The Morgan fingerprint density at radius 1 is 1.14 bits per heavy atom. The van der Waals surface area contributed by atoms with E-state index in [1.165, 1.54) is 13.4 Å². The molecule has 3 aromatic rings. The van der Waals surface area contributed by atoms with E-state index in [1.807, 2.05) is 24.3 Å². The molecule has 0 bridgehead atoms. The minimum atomic E-state index is -0.440. The van der Waals surface area contributed by atoms with E-state index in [-0.39, 0.29) is 17.5 Å². The number of ketones is 1. The molecule has 0 fully saturated rings. The minimum Gasteiger partial charge on any atom is -0.504 e. The van der Waals surface area contributed by atoms with E-state index in [0.29, 0.717) is 23.7 Å². The molecule has 1 aliphatic heterocycles. The summed E-state index contributed by atoms with van der Waals surface area (Å²) < 4.78 is 6.85. The molecule has 0 radical (unpaired) electrons. The number of aromatic hydroxyl groups is 1. The van der Waals surface area contributed by atoms with Gasteiger partial charge in [-0.3, -0.25) is 4.79 Å². The van der Waals surface area contributed by atoms with Crippen molar-refractivity contribution in [2.24, 2.45) is 0 Å². The van der Waals surface area contributed by atoms with E-state index in [0.717, 1.165) is 23.2 Å². The third-order valence-corrected chi connectivity index (χ3v) is 5.65. The lowest BCUT2D eigenvalue weighted by atomic mass is 9.78. The van der Waals surface area contributed by atoms with Gasteiger partial charge in [0, 0.05) is 17.7 Å². The van der Waals surface area contributed by atoms with E-state index in [4.69, 9.17) is 4.74 Å². The maximum atomic E-state index is 13.3. The highest BCUT2D eigenvalue weighted by atomic mass is 16.5. The van der Waals surface area contributed by atoms with E-state index in [2.05, 4.69) is 27.5 Å². The van der Waals surface area contributed by atoms with Gasteiger partial charge < -0.3 is 15.2 Å². The molecular formula is C22H20N4O3. The van der Waals surface area contributed by atoms with Crippen molar-refractivity contribution in [2.45, 2.75) is 24.8 Å². The summed E-state index contributed by atoms with van der Waals surface area (Å²) in [6, 6.07) is 14.8. The fraction of sp³-hybridized carbons (Fsp3) is 0.227. The van der Waals surface area contributed by atoms with E-state index in [1.54, 1.807) is 16.8 Å². The summed E-state index contributed by atoms with van der Waals surface area (Å²) in [4.78, 5) is 17.6. The second kappa shape index (κ2) is 6.77. The zero-order valence-corrected chi connectivity index (χ0v) is 15.9. The number of Topliss-reactive ketones (excluding diaryl/α,β-unsaturated/α-hetero) is 1. The lowest BCUT2D eigenvalue weighted by Gasteiger charge is -2.35. The molecule has 2 N–H and O–H groups in total. The summed E-state index contributed by atoms with van der Waals surface area (Å²) in [7, 11) is 1.50. The van der Waals surface area contributed by atoms with Crippen LogP contribution in [0.3, 0.4) is 0 Å². The second-order valence-corrected chi connectivity index (χ2v) is 7.32. The van der Waals surface area contributed by atoms with Gasteiger partial charge in [-0.1, -0.05) is 36.4 Å². The predicted molar refractivity (Wildman–Crippen MR) is 107 cm³/mol. The van der Waals surface area contributed by atoms with E-state index >= 15 is 0 Å². The summed E-state index contributed by atoms with van der Waals surface area (Å²) in [5, 5.41) is 17.9. The number of hydrogen-bond donors (Lipinski definition) is 2. The summed E-state index contributed by atoms with van der Waals surface area (Å²) >= 11 is 0. The number of carbonyl (C=O) groups is 1. The van der Waals surface area contributed by atoms with Crippen LogP contribution in [-0.2, 0) is 4.79 Å². The summed E-state index contributed by atoms with van der Waals surface area (Å²) in [6.45, 7) is 0. The first-order valence-corrected chi connectivity index (χ1v) is 9.50. The topological polar surface area (TPSA) is 89.3 Å². The second-order valence-electron chi connectivity index (χ2n) is 7.32. The molecule has 1 aliphatic carbocycles. The predicted octanol–water partition coefficient (Wildman–Crippen LogP) is 3.41. The number of nitrogens with one attached hydrogen (secondary N) is 1. The van der Waals surface area contributed by atoms with E-state index in [9.17, 15) is 9.90 Å². The van der Waals surface area contributed by atoms with Crippen molar-refractivity contribution in [1.29, 1.82) is 0 Å². The number of anilines is 1. The quantitative estimate of drug-likeness (QED) is 0.715. The van der Waals surface area contributed by atoms with Crippen molar-refractivity contribution in [1.82, 2.24) is 14.8 Å². The Hall–Kier alpha value is -3.61. The Labute approximate surface area is 167 Å². The van der Waals surface area contributed by atoms with Crippen LogP contribution in [0, 0.1) is 0 Å². The normalized spacial score (nSPS) is 20.7. The number of phenols is 1. The largest absolute Gasteiger partial charge is 0.504 e. The monoisotopic (exact) mass is 388 g/mol. The number of rotatable bonds is 3. The van der Waals surface area contributed by atoms with Crippen LogP contribution in [0.1, 0.15) is 35.9 Å². The molecule has 2 heterocycles. The zero-order chi connectivity index (χ0) is 20.0. The molecule has 0 saturated heterocycles. The van der Waals surface area contributed by atoms with Gasteiger partial charge in [-0.05, 0) is 35.6 Å². The molecule has 29 heavy (non-hydrogen) atoms. The number of fused-ring (bicyclic) bond motifs is 1. The fourth-order valence-electron chi connectivity index (χ4n) is 4.30. The lowest BCUT2D eigenvalue weighted by molar-refractivity contribution is -0.116. The van der Waals surface area contributed by atoms with Gasteiger partial charge in [0.1, 0.15) is 12.4 Å². The highest BCUT2D eigenvalue weighted by Crippen LogP contribution is 2.44. The summed E-state index contributed by atoms with van der Waals surface area (Å²) in [6.07, 6.45) is 2.63. The highest BCUT2D eigenvalue weighted by molar-refractivity contribution is 6.00. The maximum Gasteiger partial charge on any atom is 0.226 e. The maximum absolute atomic E-state index is 13.3. The number of carbonyl (C=O) groups excluding carboxylic acids is 1. The van der Waals surface area contributed by atoms with Crippen LogP contribution in [0.15, 0.2) is 66.1 Å². The van der Waals surface area contributed by atoms with Crippen LogP contribution in [0.2, 0.25) is 0 Å². The molecular weight excluding hydrogens is 368 g/mol. The van der Waals surface area contributed by atoms with Crippen molar-refractivity contribution in [3.63, 3.8) is 0 Å². The molecule has 5 rings (SSSR count). The Morgan fingerprint density at radius 3 is 2.72 bits per heavy atom. The minimum absolute atomic E-state index is 0.0257. The first kappa shape index (κ1) is 17.5. The molecule has 1 aromatic heterocycles. The third kappa shape index (κ3) is 2.86. The number of benzene rings is 2. The number of phenolic OH excluding ortho intramolecular Hbond substituents is 1. The molecule has 7 nitrogen and oxygen atoms in total. The Morgan fingerprint density at radius 2 is 1.97 bits per heavy atom. The van der Waals surface area contributed by atoms with Crippen molar-refractivity contribution in [3.05, 3.63) is 77.3 Å². The molecule has 7 heteroatoms. The van der Waals surface area contributed by atoms with Crippen LogP contribution in [0.5, 0.6) is 11.5 Å². The van der Waals surface area contributed by atoms with Crippen molar-refractivity contribution >= 4 is 11.7 Å². The van der Waals surface area contributed by atoms with Crippen molar-refractivity contribution < 1.29 is 14.6 Å². The van der Waals surface area contributed by atoms with Gasteiger partial charge in [-0.2, -0.15) is 10.1 Å². The first-order chi connectivity index (χ1) is 14.2. The molecule has 0 spiro atoms. The van der Waals surface area contributed by atoms with Crippen LogP contribution in [-0.4, -0.2) is 32.8 Å². The molecule has 2 aromatic carbocycles. The number of methoxy groups -OCH3 is 1. The number of hydrogen-bond acceptors (Lipinski definition) is 6. The van der Waals surface area contributed by atoms with Gasteiger partial charge in [-0.15, -0.1) is 0 Å². The molecule has 2 atom stereocenters. The summed E-state index contributed by atoms with van der Waals surface area (Å²) in [5.41, 5.74) is 3.46. The van der Waals surface area contributed by atoms with Gasteiger partial charge in [0.25, 0.3) is 0 Å². The van der Waals surface area contributed by atoms with Gasteiger partial charge in [-0.25, -0.2) is 4.68 Å². The smallest absolute Gasteiger partial charge is 0.226 e. The number of aromatic nitrogens is 3. The van der Waals surface area contributed by atoms with Gasteiger partial charge >= 0.3 is 0 Å². The lowest BCUT2D eigenvalue weighted by Crippen LogP contribution is -2.33. The third-order valence-electron chi connectivity index (χ3n) is 5.65. The number of allylic oxidation sites excluding steroid dienone is 2. The van der Waals surface area contributed by atoms with Gasteiger partial charge in [0.05, 0.1) is 7.11 Å². The summed E-state index contributed by atoms with van der Waals surface area (Å²) in [5.74, 6) is 1.20. The number of nitrogens with zero attached hydrogens (tertiary/aromatic N) is 3. The number of ether oxygens (including phenoxy) is 1. The molecule has 0 unspecified atom stereocenters. The Bertz CT molecular complexity index is 1120. The van der Waals surface area contributed by atoms with Gasteiger partial charge in [0.2, 0.25) is 5.95 Å².